The molecule has 3 aliphatic rings. The number of Topliss-reactive ketones (excluding diaryl/α,β-unsaturated/α-hetero) is 1. The SMILES string of the molecule is Cc1ccccc1[C@@H]1CC(=O)C2=C(C1)Nc1nc3ccccc3n1[C@@H]2c1ccc2c(c1)[C@H](C)CC(C)(C)N2Cc1ccccc1. The number of fused-ring (bicyclic) bond motifs is 4. The predicted molar refractivity (Wildman–Crippen MR) is 183 cm³/mol. The highest BCUT2D eigenvalue weighted by atomic mass is 16.1. The van der Waals surface area contributed by atoms with Crippen molar-refractivity contribution in [1.29, 1.82) is 0 Å². The second kappa shape index (κ2) is 10.5. The van der Waals surface area contributed by atoms with Crippen molar-refractivity contribution in [3.8, 4) is 0 Å². The first kappa shape index (κ1) is 27.9. The molecule has 5 aromatic rings. The highest BCUT2D eigenvalue weighted by Gasteiger charge is 2.41. The molecule has 226 valence electrons. The first-order chi connectivity index (χ1) is 21.8. The van der Waals surface area contributed by atoms with Gasteiger partial charge in [-0.05, 0) is 91.5 Å². The number of hydrogen-bond donors (Lipinski definition) is 1. The molecule has 3 atom stereocenters. The summed E-state index contributed by atoms with van der Waals surface area (Å²) in [7, 11) is 0. The molecular formula is C40H40N4O. The van der Waals surface area contributed by atoms with Crippen LogP contribution in [0.25, 0.3) is 11.0 Å². The van der Waals surface area contributed by atoms with Crippen molar-refractivity contribution in [1.82, 2.24) is 9.55 Å². The van der Waals surface area contributed by atoms with Gasteiger partial charge in [0, 0.05) is 35.5 Å². The Morgan fingerprint density at radius 1 is 0.889 bits per heavy atom. The molecule has 0 radical (unpaired) electrons. The molecule has 8 rings (SSSR count). The number of aromatic nitrogens is 2. The topological polar surface area (TPSA) is 50.2 Å². The van der Waals surface area contributed by atoms with Gasteiger partial charge in [0.1, 0.15) is 0 Å². The van der Waals surface area contributed by atoms with Crippen LogP contribution < -0.4 is 10.2 Å². The molecule has 1 aliphatic carbocycles. The van der Waals surface area contributed by atoms with Gasteiger partial charge < -0.3 is 10.2 Å². The fourth-order valence-corrected chi connectivity index (χ4v) is 8.35. The fourth-order valence-electron chi connectivity index (χ4n) is 8.35. The smallest absolute Gasteiger partial charge is 0.209 e. The van der Waals surface area contributed by atoms with E-state index in [2.05, 4.69) is 133 Å². The Kier molecular flexibility index (Phi) is 6.49. The van der Waals surface area contributed by atoms with Crippen molar-refractivity contribution in [2.24, 2.45) is 0 Å². The van der Waals surface area contributed by atoms with Gasteiger partial charge in [0.25, 0.3) is 0 Å². The molecule has 0 unspecified atom stereocenters. The molecule has 0 spiro atoms. The van der Waals surface area contributed by atoms with Gasteiger partial charge in [0.2, 0.25) is 5.95 Å². The first-order valence-electron chi connectivity index (χ1n) is 16.3. The molecule has 5 heteroatoms. The third-order valence-electron chi connectivity index (χ3n) is 10.4. The van der Waals surface area contributed by atoms with Crippen LogP contribution in [0.4, 0.5) is 11.6 Å². The van der Waals surface area contributed by atoms with E-state index in [1.807, 2.05) is 6.07 Å². The number of benzene rings is 4. The van der Waals surface area contributed by atoms with Crippen LogP contribution in [-0.4, -0.2) is 20.9 Å². The number of imidazole rings is 1. The minimum atomic E-state index is -0.232. The third kappa shape index (κ3) is 4.59. The summed E-state index contributed by atoms with van der Waals surface area (Å²) in [5.74, 6) is 1.58. The number of aryl methyl sites for hydroxylation is 1. The summed E-state index contributed by atoms with van der Waals surface area (Å²) < 4.78 is 2.26. The Bertz CT molecular complexity index is 1980. The van der Waals surface area contributed by atoms with Gasteiger partial charge in [-0.1, -0.05) is 85.8 Å². The fraction of sp³-hybridized carbons (Fsp3) is 0.300. The van der Waals surface area contributed by atoms with Gasteiger partial charge in [0.05, 0.1) is 17.1 Å². The number of anilines is 2. The van der Waals surface area contributed by atoms with E-state index in [1.165, 1.54) is 27.9 Å². The number of carbonyl (C=O) groups excluding carboxylic acids is 1. The van der Waals surface area contributed by atoms with E-state index in [0.717, 1.165) is 53.2 Å². The van der Waals surface area contributed by atoms with Crippen LogP contribution in [-0.2, 0) is 11.3 Å². The molecule has 45 heavy (non-hydrogen) atoms. The molecule has 0 saturated carbocycles. The largest absolute Gasteiger partial charge is 0.362 e. The standard InChI is InChI=1S/C40H40N4O/c1-25-12-8-9-15-30(25)29-21-33-37(36(45)22-29)38(44-35-17-11-10-16-32(35)41-39(44)42-33)28-18-19-34-31(20-28)26(2)23-40(3,4)43(34)24-27-13-6-5-7-14-27/h5-20,26,29,38H,21-24H2,1-4H3,(H,41,42)/t26-,29+,38-/m1/s1. The van der Waals surface area contributed by atoms with Gasteiger partial charge in [-0.15, -0.1) is 0 Å². The average molecular weight is 593 g/mol. The van der Waals surface area contributed by atoms with Gasteiger partial charge >= 0.3 is 0 Å². The quantitative estimate of drug-likeness (QED) is 0.226. The molecule has 0 bridgehead atoms. The van der Waals surface area contributed by atoms with Crippen LogP contribution in [0.15, 0.2) is 108 Å². The molecule has 1 N–H and O–H groups in total. The Labute approximate surface area is 265 Å². The number of nitrogens with zero attached hydrogens (tertiary/aromatic N) is 3. The van der Waals surface area contributed by atoms with Crippen molar-refractivity contribution < 1.29 is 4.79 Å². The lowest BCUT2D eigenvalue weighted by Crippen LogP contribution is -2.47. The Morgan fingerprint density at radius 2 is 1.64 bits per heavy atom. The lowest BCUT2D eigenvalue weighted by atomic mass is 9.75. The Balaban J connectivity index is 1.27. The first-order valence-corrected chi connectivity index (χ1v) is 16.3. The van der Waals surface area contributed by atoms with Crippen molar-refractivity contribution >= 4 is 28.5 Å². The zero-order chi connectivity index (χ0) is 30.9. The van der Waals surface area contributed by atoms with Crippen LogP contribution in [0.5, 0.6) is 0 Å². The van der Waals surface area contributed by atoms with E-state index in [-0.39, 0.29) is 23.3 Å². The summed E-state index contributed by atoms with van der Waals surface area (Å²) in [6, 6.07) is 34.3. The van der Waals surface area contributed by atoms with Crippen LogP contribution >= 0.6 is 0 Å². The highest BCUT2D eigenvalue weighted by molar-refractivity contribution is 6.01. The van der Waals surface area contributed by atoms with Crippen molar-refractivity contribution in [2.45, 2.75) is 76.9 Å². The van der Waals surface area contributed by atoms with Crippen molar-refractivity contribution in [2.75, 3.05) is 10.2 Å². The number of nitrogens with one attached hydrogen (secondary N) is 1. The molecule has 0 fully saturated rings. The van der Waals surface area contributed by atoms with Gasteiger partial charge in [-0.2, -0.15) is 0 Å². The maximum atomic E-state index is 14.3. The van der Waals surface area contributed by atoms with Gasteiger partial charge in [-0.3, -0.25) is 9.36 Å². The van der Waals surface area contributed by atoms with Crippen molar-refractivity contribution in [3.63, 3.8) is 0 Å². The number of carbonyl (C=O) groups is 1. The average Bonchev–Trinajstić information content (AvgIpc) is 3.40. The van der Waals surface area contributed by atoms with E-state index in [0.29, 0.717) is 12.3 Å². The maximum Gasteiger partial charge on any atom is 0.209 e. The number of rotatable bonds is 4. The number of para-hydroxylation sites is 2. The minimum Gasteiger partial charge on any atom is -0.362 e. The third-order valence-corrected chi connectivity index (χ3v) is 10.4. The van der Waals surface area contributed by atoms with Crippen LogP contribution in [0, 0.1) is 6.92 Å². The summed E-state index contributed by atoms with van der Waals surface area (Å²) in [4.78, 5) is 21.9. The van der Waals surface area contributed by atoms with Crippen LogP contribution in [0.1, 0.15) is 85.7 Å². The molecule has 1 aromatic heterocycles. The lowest BCUT2D eigenvalue weighted by molar-refractivity contribution is -0.116. The Hall–Kier alpha value is -4.64. The molecule has 0 amide bonds. The van der Waals surface area contributed by atoms with Crippen molar-refractivity contribution in [3.05, 3.63) is 136 Å². The number of allylic oxidation sites excluding steroid dienone is 2. The maximum absolute atomic E-state index is 14.3. The Morgan fingerprint density at radius 3 is 2.47 bits per heavy atom. The summed E-state index contributed by atoms with van der Waals surface area (Å²) in [6.45, 7) is 10.1. The van der Waals surface area contributed by atoms with E-state index < -0.39 is 0 Å². The molecule has 5 nitrogen and oxygen atoms in total. The van der Waals surface area contributed by atoms with E-state index >= 15 is 0 Å². The summed E-state index contributed by atoms with van der Waals surface area (Å²) in [5, 5.41) is 3.66. The summed E-state index contributed by atoms with van der Waals surface area (Å²) in [6.07, 6.45) is 2.38. The zero-order valence-electron chi connectivity index (χ0n) is 26.5. The molecule has 2 aliphatic heterocycles. The van der Waals surface area contributed by atoms with Crippen LogP contribution in [0.2, 0.25) is 0 Å². The molecule has 4 aromatic carbocycles. The van der Waals surface area contributed by atoms with E-state index in [4.69, 9.17) is 4.98 Å². The second-order valence-electron chi connectivity index (χ2n) is 13.9. The number of ketones is 1. The van der Waals surface area contributed by atoms with Crippen LogP contribution in [0.3, 0.4) is 0 Å². The molecule has 3 heterocycles. The molecule has 0 saturated heterocycles. The zero-order valence-corrected chi connectivity index (χ0v) is 26.5. The predicted octanol–water partition coefficient (Wildman–Crippen LogP) is 9.05. The lowest BCUT2D eigenvalue weighted by Gasteiger charge is -2.48. The van der Waals surface area contributed by atoms with Gasteiger partial charge in [0.15, 0.2) is 5.78 Å². The summed E-state index contributed by atoms with van der Waals surface area (Å²) >= 11 is 0. The summed E-state index contributed by atoms with van der Waals surface area (Å²) in [5.41, 5.74) is 11.5. The number of hydrogen-bond acceptors (Lipinski definition) is 4. The minimum absolute atomic E-state index is 0.0197. The molecular weight excluding hydrogens is 552 g/mol. The van der Waals surface area contributed by atoms with E-state index in [9.17, 15) is 4.79 Å². The highest BCUT2D eigenvalue weighted by Crippen LogP contribution is 2.49. The van der Waals surface area contributed by atoms with E-state index in [1.54, 1.807) is 0 Å². The van der Waals surface area contributed by atoms with Gasteiger partial charge in [-0.25, -0.2) is 4.98 Å². The monoisotopic (exact) mass is 592 g/mol. The second-order valence-corrected chi connectivity index (χ2v) is 13.9. The normalized spacial score (nSPS) is 22.1.